The van der Waals surface area contributed by atoms with Crippen molar-refractivity contribution < 1.29 is 0 Å². The Kier molecular flexibility index (Phi) is 4.02. The summed E-state index contributed by atoms with van der Waals surface area (Å²) in [5.74, 6) is 0. The van der Waals surface area contributed by atoms with Crippen molar-refractivity contribution in [3.05, 3.63) is 88.5 Å². The van der Waals surface area contributed by atoms with Crippen LogP contribution in [0.3, 0.4) is 0 Å². The zero-order valence-electron chi connectivity index (χ0n) is 14.5. The van der Waals surface area contributed by atoms with E-state index in [1.165, 1.54) is 27.8 Å². The summed E-state index contributed by atoms with van der Waals surface area (Å²) >= 11 is 0. The summed E-state index contributed by atoms with van der Waals surface area (Å²) in [7, 11) is 1.78. The van der Waals surface area contributed by atoms with E-state index in [1.54, 1.807) is 7.05 Å². The lowest BCUT2D eigenvalue weighted by Crippen LogP contribution is -1.84. The first-order chi connectivity index (χ1) is 12.2. The minimum atomic E-state index is 1.00. The van der Waals surface area contributed by atoms with Gasteiger partial charge in [-0.1, -0.05) is 54.1 Å². The predicted molar refractivity (Wildman–Crippen MR) is 107 cm³/mol. The highest BCUT2D eigenvalue weighted by Gasteiger charge is 2.18. The van der Waals surface area contributed by atoms with Gasteiger partial charge >= 0.3 is 0 Å². The second-order valence-electron chi connectivity index (χ2n) is 6.49. The first-order valence-corrected chi connectivity index (χ1v) is 8.52. The van der Waals surface area contributed by atoms with E-state index in [4.69, 9.17) is 0 Å². The summed E-state index contributed by atoms with van der Waals surface area (Å²) in [6.07, 6.45) is 4.77. The molecule has 0 aromatic heterocycles. The molecular formula is C23H20N2. The fraction of sp³-hybridized carbons (Fsp3) is 0.130. The van der Waals surface area contributed by atoms with Crippen molar-refractivity contribution in [2.75, 3.05) is 7.05 Å². The van der Waals surface area contributed by atoms with Gasteiger partial charge in [0.05, 0.1) is 5.69 Å². The van der Waals surface area contributed by atoms with Crippen molar-refractivity contribution in [3.63, 3.8) is 0 Å². The first kappa shape index (κ1) is 15.5. The molecule has 0 bridgehead atoms. The molecule has 0 N–H and O–H groups in total. The molecule has 3 aromatic carbocycles. The van der Waals surface area contributed by atoms with E-state index in [0.717, 1.165) is 23.2 Å². The maximum Gasteiger partial charge on any atom is 0.0633 e. The van der Waals surface area contributed by atoms with Gasteiger partial charge in [-0.3, -0.25) is 9.98 Å². The van der Waals surface area contributed by atoms with Gasteiger partial charge in [0.15, 0.2) is 0 Å². The molecule has 0 fully saturated rings. The maximum atomic E-state index is 4.65. The molecule has 4 rings (SSSR count). The van der Waals surface area contributed by atoms with Gasteiger partial charge in [0.1, 0.15) is 0 Å². The molecule has 0 spiro atoms. The number of hydrogen-bond acceptors (Lipinski definition) is 2. The van der Waals surface area contributed by atoms with Crippen LogP contribution in [0.5, 0.6) is 0 Å². The Labute approximate surface area is 148 Å². The molecule has 0 amide bonds. The Morgan fingerprint density at radius 3 is 2.12 bits per heavy atom. The Hall–Kier alpha value is -3.00. The molecule has 0 heterocycles. The number of aryl methyl sites for hydroxylation is 1. The van der Waals surface area contributed by atoms with Gasteiger partial charge in [0.2, 0.25) is 0 Å². The van der Waals surface area contributed by atoms with Crippen LogP contribution in [0, 0.1) is 6.92 Å². The average molecular weight is 324 g/mol. The number of rotatable bonds is 3. The van der Waals surface area contributed by atoms with Crippen molar-refractivity contribution in [3.8, 4) is 11.1 Å². The van der Waals surface area contributed by atoms with Crippen molar-refractivity contribution in [1.82, 2.24) is 0 Å². The van der Waals surface area contributed by atoms with Gasteiger partial charge in [-0.15, -0.1) is 0 Å². The molecular weight excluding hydrogens is 304 g/mol. The van der Waals surface area contributed by atoms with E-state index in [1.807, 2.05) is 12.4 Å². The molecule has 0 radical (unpaired) electrons. The van der Waals surface area contributed by atoms with Crippen LogP contribution in [0.1, 0.15) is 27.8 Å². The molecule has 3 aromatic rings. The van der Waals surface area contributed by atoms with Crippen LogP contribution in [0.2, 0.25) is 0 Å². The third kappa shape index (κ3) is 3.16. The Bertz CT molecular complexity index is 979. The summed E-state index contributed by atoms with van der Waals surface area (Å²) < 4.78 is 0. The fourth-order valence-corrected chi connectivity index (χ4v) is 3.37. The van der Waals surface area contributed by atoms with Crippen LogP contribution < -0.4 is 0 Å². The predicted octanol–water partition coefficient (Wildman–Crippen LogP) is 5.37. The van der Waals surface area contributed by atoms with Gasteiger partial charge in [-0.05, 0) is 58.9 Å². The fourth-order valence-electron chi connectivity index (χ4n) is 3.37. The molecule has 2 heteroatoms. The second-order valence-corrected chi connectivity index (χ2v) is 6.49. The van der Waals surface area contributed by atoms with Gasteiger partial charge in [0.25, 0.3) is 0 Å². The molecule has 1 aliphatic rings. The summed E-state index contributed by atoms with van der Waals surface area (Å²) in [4.78, 5) is 8.68. The maximum absolute atomic E-state index is 4.65. The van der Waals surface area contributed by atoms with Crippen LogP contribution in [0.4, 0.5) is 5.69 Å². The summed E-state index contributed by atoms with van der Waals surface area (Å²) in [5.41, 5.74) is 10.0. The molecule has 0 atom stereocenters. The van der Waals surface area contributed by atoms with E-state index in [2.05, 4.69) is 77.6 Å². The normalized spacial score (nSPS) is 12.7. The molecule has 0 unspecified atom stereocenters. The smallest absolute Gasteiger partial charge is 0.0633 e. The van der Waals surface area contributed by atoms with Crippen molar-refractivity contribution >= 4 is 18.1 Å². The van der Waals surface area contributed by atoms with Crippen LogP contribution in [-0.2, 0) is 6.42 Å². The number of nitrogens with zero attached hydrogens (tertiary/aromatic N) is 2. The average Bonchev–Trinajstić information content (AvgIpc) is 2.98. The van der Waals surface area contributed by atoms with E-state index in [9.17, 15) is 0 Å². The third-order valence-electron chi connectivity index (χ3n) is 4.60. The van der Waals surface area contributed by atoms with E-state index in [-0.39, 0.29) is 0 Å². The lowest BCUT2D eigenvalue weighted by molar-refractivity contribution is 1.25. The minimum Gasteiger partial charge on any atom is -0.296 e. The van der Waals surface area contributed by atoms with Crippen LogP contribution in [-0.4, -0.2) is 19.5 Å². The number of hydrogen-bond donors (Lipinski definition) is 0. The monoisotopic (exact) mass is 324 g/mol. The number of benzene rings is 3. The standard InChI is InChI=1S/C23H20N2/c1-16-3-9-22-19(11-16)12-20-13-21(8-10-23(20)22)25-15-18-6-4-17(5-7-18)14-24-2/h3-11,13-15H,12H2,1-2H3. The summed E-state index contributed by atoms with van der Waals surface area (Å²) in [6.45, 7) is 2.15. The highest BCUT2D eigenvalue weighted by atomic mass is 14.7. The number of fused-ring (bicyclic) bond motifs is 3. The molecule has 1 aliphatic carbocycles. The van der Waals surface area contributed by atoms with Gasteiger partial charge < -0.3 is 0 Å². The zero-order chi connectivity index (χ0) is 17.2. The van der Waals surface area contributed by atoms with Gasteiger partial charge in [-0.25, -0.2) is 0 Å². The van der Waals surface area contributed by atoms with E-state index >= 15 is 0 Å². The van der Waals surface area contributed by atoms with Gasteiger partial charge in [-0.2, -0.15) is 0 Å². The van der Waals surface area contributed by atoms with Crippen molar-refractivity contribution in [2.24, 2.45) is 9.98 Å². The quantitative estimate of drug-likeness (QED) is 0.453. The molecule has 0 saturated carbocycles. The SMILES string of the molecule is CN=Cc1ccc(C=Nc2ccc3c(c2)Cc2cc(C)ccc2-3)cc1. The van der Waals surface area contributed by atoms with Crippen molar-refractivity contribution in [1.29, 1.82) is 0 Å². The van der Waals surface area contributed by atoms with Crippen LogP contribution in [0.25, 0.3) is 11.1 Å². The molecule has 122 valence electrons. The van der Waals surface area contributed by atoms with Crippen LogP contribution in [0.15, 0.2) is 70.6 Å². The lowest BCUT2D eigenvalue weighted by atomic mass is 10.0. The largest absolute Gasteiger partial charge is 0.296 e. The zero-order valence-corrected chi connectivity index (χ0v) is 14.5. The topological polar surface area (TPSA) is 24.7 Å². The minimum absolute atomic E-state index is 1.00. The molecule has 2 nitrogen and oxygen atoms in total. The first-order valence-electron chi connectivity index (χ1n) is 8.52. The highest BCUT2D eigenvalue weighted by molar-refractivity contribution is 5.86. The van der Waals surface area contributed by atoms with Gasteiger partial charge in [0, 0.05) is 19.5 Å². The van der Waals surface area contributed by atoms with E-state index in [0.29, 0.717) is 0 Å². The molecule has 0 saturated heterocycles. The molecule has 25 heavy (non-hydrogen) atoms. The number of aliphatic imine (C=N–C) groups is 2. The summed E-state index contributed by atoms with van der Waals surface area (Å²) in [6, 6.07) is 21.4. The van der Waals surface area contributed by atoms with E-state index < -0.39 is 0 Å². The highest BCUT2D eigenvalue weighted by Crippen LogP contribution is 2.38. The van der Waals surface area contributed by atoms with Crippen molar-refractivity contribution in [2.45, 2.75) is 13.3 Å². The Morgan fingerprint density at radius 1 is 0.760 bits per heavy atom. The second kappa shape index (κ2) is 6.48. The lowest BCUT2D eigenvalue weighted by Gasteiger charge is -2.02. The third-order valence-corrected chi connectivity index (χ3v) is 4.60. The summed E-state index contributed by atoms with van der Waals surface area (Å²) in [5, 5.41) is 0. The molecule has 0 aliphatic heterocycles. The Morgan fingerprint density at radius 2 is 1.40 bits per heavy atom. The van der Waals surface area contributed by atoms with Crippen LogP contribution >= 0.6 is 0 Å². The Balaban J connectivity index is 1.57.